The van der Waals surface area contributed by atoms with Crippen molar-refractivity contribution >= 4 is 56.3 Å². The molecule has 0 aliphatic carbocycles. The Bertz CT molecular complexity index is 1480. The Labute approximate surface area is 209 Å². The molecule has 0 radical (unpaired) electrons. The number of imide groups is 1. The lowest BCUT2D eigenvalue weighted by Gasteiger charge is -2.16. The van der Waals surface area contributed by atoms with E-state index in [9.17, 15) is 18.8 Å². The summed E-state index contributed by atoms with van der Waals surface area (Å²) in [4.78, 5) is 43.3. The van der Waals surface area contributed by atoms with Gasteiger partial charge in [0.05, 0.1) is 29.2 Å². The van der Waals surface area contributed by atoms with Crippen molar-refractivity contribution in [1.82, 2.24) is 4.98 Å². The van der Waals surface area contributed by atoms with Crippen LogP contribution in [0.25, 0.3) is 10.2 Å². The van der Waals surface area contributed by atoms with Gasteiger partial charge in [0.1, 0.15) is 11.6 Å². The number of benzene rings is 3. The third-order valence-corrected chi connectivity index (χ3v) is 6.57. The molecule has 0 bridgehead atoms. The van der Waals surface area contributed by atoms with Crippen molar-refractivity contribution in [2.24, 2.45) is 5.10 Å². The summed E-state index contributed by atoms with van der Waals surface area (Å²) in [6.45, 7) is 0. The highest BCUT2D eigenvalue weighted by molar-refractivity contribution is 7.22. The molecule has 8 nitrogen and oxygen atoms in total. The number of hydrazone groups is 1. The zero-order valence-corrected chi connectivity index (χ0v) is 19.9. The highest BCUT2D eigenvalue weighted by atomic mass is 32.1. The van der Waals surface area contributed by atoms with Gasteiger partial charge in [-0.2, -0.15) is 10.1 Å². The van der Waals surface area contributed by atoms with Gasteiger partial charge in [0.15, 0.2) is 0 Å². The Morgan fingerprint density at radius 3 is 2.42 bits per heavy atom. The van der Waals surface area contributed by atoms with E-state index in [2.05, 4.69) is 10.1 Å². The standard InChI is InChI=1S/C26H19FN4O4S/c1-35-20-10-11-21-22(14-20)36-26(29-21)31(28-15-16-2-6-18(27)7-3-16)25(34)17-4-8-19(9-5-17)30-23(32)12-13-24(30)33/h2-11,14-15H,12-13H2,1H3/b28-15+. The number of rotatable bonds is 6. The molecule has 1 fully saturated rings. The molecule has 0 N–H and O–H groups in total. The number of fused-ring (bicyclic) bond motifs is 1. The number of hydrogen-bond donors (Lipinski definition) is 0. The molecule has 0 saturated carbocycles. The van der Waals surface area contributed by atoms with Gasteiger partial charge < -0.3 is 4.74 Å². The summed E-state index contributed by atoms with van der Waals surface area (Å²) in [6.07, 6.45) is 1.79. The predicted molar refractivity (Wildman–Crippen MR) is 135 cm³/mol. The minimum atomic E-state index is -0.468. The summed E-state index contributed by atoms with van der Waals surface area (Å²) in [5, 5.41) is 5.86. The van der Waals surface area contributed by atoms with Crippen LogP contribution < -0.4 is 14.6 Å². The lowest BCUT2D eigenvalue weighted by Crippen LogP contribution is -2.29. The summed E-state index contributed by atoms with van der Waals surface area (Å²) in [5.74, 6) is -0.726. The molecule has 4 aromatic rings. The monoisotopic (exact) mass is 502 g/mol. The number of ether oxygens (including phenoxy) is 1. The quantitative estimate of drug-likeness (QED) is 0.215. The van der Waals surface area contributed by atoms with Crippen LogP contribution in [0.4, 0.5) is 15.2 Å². The van der Waals surface area contributed by atoms with E-state index in [4.69, 9.17) is 4.74 Å². The Balaban J connectivity index is 1.50. The molecule has 0 spiro atoms. The molecule has 2 heterocycles. The van der Waals surface area contributed by atoms with Crippen molar-refractivity contribution in [3.8, 4) is 5.75 Å². The molecule has 1 aliphatic heterocycles. The summed E-state index contributed by atoms with van der Waals surface area (Å²) < 4.78 is 19.4. The first kappa shape index (κ1) is 23.3. The van der Waals surface area contributed by atoms with Gasteiger partial charge >= 0.3 is 0 Å². The third-order valence-electron chi connectivity index (χ3n) is 5.57. The normalized spacial score (nSPS) is 13.7. The van der Waals surface area contributed by atoms with E-state index in [1.54, 1.807) is 43.5 Å². The molecule has 1 saturated heterocycles. The van der Waals surface area contributed by atoms with Gasteiger partial charge in [-0.1, -0.05) is 23.5 Å². The summed E-state index contributed by atoms with van der Waals surface area (Å²) in [7, 11) is 1.57. The Hall–Kier alpha value is -4.44. The molecule has 3 amide bonds. The highest BCUT2D eigenvalue weighted by Crippen LogP contribution is 2.33. The number of hydrogen-bond acceptors (Lipinski definition) is 7. The van der Waals surface area contributed by atoms with Crippen LogP contribution in [-0.4, -0.2) is 36.0 Å². The first-order valence-electron chi connectivity index (χ1n) is 11.0. The van der Waals surface area contributed by atoms with Crippen LogP contribution >= 0.6 is 11.3 Å². The van der Waals surface area contributed by atoms with E-state index in [-0.39, 0.29) is 36.0 Å². The second-order valence-corrected chi connectivity index (χ2v) is 8.92. The van der Waals surface area contributed by atoms with Gasteiger partial charge in [0, 0.05) is 18.4 Å². The van der Waals surface area contributed by atoms with Crippen LogP contribution in [-0.2, 0) is 9.59 Å². The number of aromatic nitrogens is 1. The van der Waals surface area contributed by atoms with Gasteiger partial charge in [-0.3, -0.25) is 19.3 Å². The predicted octanol–water partition coefficient (Wildman–Crippen LogP) is 4.78. The van der Waals surface area contributed by atoms with E-state index in [0.29, 0.717) is 27.6 Å². The summed E-state index contributed by atoms with van der Waals surface area (Å²) in [6, 6.07) is 17.3. The second kappa shape index (κ2) is 9.67. The fraction of sp³-hybridized carbons (Fsp3) is 0.115. The van der Waals surface area contributed by atoms with Gasteiger partial charge in [0.2, 0.25) is 16.9 Å². The van der Waals surface area contributed by atoms with Crippen molar-refractivity contribution < 1.29 is 23.5 Å². The molecule has 3 aromatic carbocycles. The van der Waals surface area contributed by atoms with Crippen molar-refractivity contribution in [1.29, 1.82) is 0 Å². The summed E-state index contributed by atoms with van der Waals surface area (Å²) in [5.41, 5.74) is 1.96. The number of carbonyl (C=O) groups excluding carboxylic acids is 3. The number of nitrogens with zero attached hydrogens (tertiary/aromatic N) is 4. The number of thiazole rings is 1. The molecule has 1 aliphatic rings. The topological polar surface area (TPSA) is 92.2 Å². The molecule has 36 heavy (non-hydrogen) atoms. The van der Waals surface area contributed by atoms with Crippen LogP contribution in [0.5, 0.6) is 5.75 Å². The molecular formula is C26H19FN4O4S. The van der Waals surface area contributed by atoms with E-state index in [1.165, 1.54) is 46.8 Å². The van der Waals surface area contributed by atoms with Crippen molar-refractivity contribution in [3.05, 3.63) is 83.7 Å². The zero-order valence-electron chi connectivity index (χ0n) is 19.1. The molecule has 0 atom stereocenters. The van der Waals surface area contributed by atoms with Crippen LogP contribution in [0.15, 0.2) is 71.8 Å². The van der Waals surface area contributed by atoms with Crippen LogP contribution in [0, 0.1) is 5.82 Å². The molecule has 180 valence electrons. The minimum absolute atomic E-state index is 0.174. The van der Waals surface area contributed by atoms with Crippen LogP contribution in [0.1, 0.15) is 28.8 Å². The minimum Gasteiger partial charge on any atom is -0.497 e. The average Bonchev–Trinajstić information content (AvgIpc) is 3.47. The first-order chi connectivity index (χ1) is 17.4. The SMILES string of the molecule is COc1ccc2nc(N(/N=C/c3ccc(F)cc3)C(=O)c3ccc(N4C(=O)CCC4=O)cc3)sc2c1. The molecule has 0 unspecified atom stereocenters. The maximum atomic E-state index is 13.5. The van der Waals surface area contributed by atoms with E-state index in [0.717, 1.165) is 9.60 Å². The first-order valence-corrected chi connectivity index (χ1v) is 11.8. The lowest BCUT2D eigenvalue weighted by atomic mass is 10.2. The van der Waals surface area contributed by atoms with Crippen molar-refractivity contribution in [2.45, 2.75) is 12.8 Å². The van der Waals surface area contributed by atoms with E-state index < -0.39 is 5.91 Å². The fourth-order valence-electron chi connectivity index (χ4n) is 3.71. The maximum absolute atomic E-state index is 13.5. The van der Waals surface area contributed by atoms with Gasteiger partial charge in [-0.15, -0.1) is 0 Å². The van der Waals surface area contributed by atoms with Crippen molar-refractivity contribution in [3.63, 3.8) is 0 Å². The third kappa shape index (κ3) is 4.58. The average molecular weight is 503 g/mol. The van der Waals surface area contributed by atoms with Gasteiger partial charge in [-0.25, -0.2) is 9.37 Å². The lowest BCUT2D eigenvalue weighted by molar-refractivity contribution is -0.121. The van der Waals surface area contributed by atoms with Crippen molar-refractivity contribution in [2.75, 3.05) is 17.0 Å². The smallest absolute Gasteiger partial charge is 0.280 e. The summed E-state index contributed by atoms with van der Waals surface area (Å²) >= 11 is 1.26. The number of carbonyl (C=O) groups is 3. The maximum Gasteiger partial charge on any atom is 0.280 e. The fourth-order valence-corrected chi connectivity index (χ4v) is 4.66. The largest absolute Gasteiger partial charge is 0.497 e. The molecular weight excluding hydrogens is 483 g/mol. The Kier molecular flexibility index (Phi) is 6.26. The zero-order chi connectivity index (χ0) is 25.2. The van der Waals surface area contributed by atoms with Crippen LogP contribution in [0.2, 0.25) is 0 Å². The number of halogens is 1. The Morgan fingerprint density at radius 1 is 1.06 bits per heavy atom. The Morgan fingerprint density at radius 2 is 1.75 bits per heavy atom. The van der Waals surface area contributed by atoms with Gasteiger partial charge in [-0.05, 0) is 60.2 Å². The van der Waals surface area contributed by atoms with E-state index >= 15 is 0 Å². The molecule has 1 aromatic heterocycles. The van der Waals surface area contributed by atoms with Gasteiger partial charge in [0.25, 0.3) is 5.91 Å². The number of methoxy groups -OCH3 is 1. The molecule has 10 heteroatoms. The number of anilines is 2. The number of amides is 3. The van der Waals surface area contributed by atoms with Crippen LogP contribution in [0.3, 0.4) is 0 Å². The van der Waals surface area contributed by atoms with E-state index in [1.807, 2.05) is 6.07 Å². The molecule has 5 rings (SSSR count). The highest BCUT2D eigenvalue weighted by Gasteiger charge is 2.30. The second-order valence-electron chi connectivity index (χ2n) is 7.91.